The molecule has 0 spiro atoms. The topological polar surface area (TPSA) is 74.4 Å². The van der Waals surface area contributed by atoms with Crippen molar-refractivity contribution in [2.45, 2.75) is 17.8 Å². The van der Waals surface area contributed by atoms with Crippen LogP contribution in [0.4, 0.5) is 0 Å². The molecule has 0 aliphatic carbocycles. The summed E-state index contributed by atoms with van der Waals surface area (Å²) >= 11 is 3.00. The van der Waals surface area contributed by atoms with Crippen molar-refractivity contribution in [3.8, 4) is 0 Å². The highest BCUT2D eigenvalue weighted by Gasteiger charge is 2.39. The smallest absolute Gasteiger partial charge is 0.321 e. The summed E-state index contributed by atoms with van der Waals surface area (Å²) in [5.41, 5.74) is 1.50. The second kappa shape index (κ2) is 6.26. The molecule has 1 heterocycles. The first-order valence-electron chi connectivity index (χ1n) is 6.45. The molecule has 1 aromatic heterocycles. The molecule has 0 amide bonds. The van der Waals surface area contributed by atoms with Crippen LogP contribution in [0.1, 0.15) is 18.4 Å². The lowest BCUT2D eigenvalue weighted by molar-refractivity contribution is -0.494. The number of benzene rings is 1. The van der Waals surface area contributed by atoms with E-state index < -0.39 is 21.8 Å². The Balaban J connectivity index is 2.58. The minimum absolute atomic E-state index is 0.178. The summed E-state index contributed by atoms with van der Waals surface area (Å²) in [6, 6.07) is 7.46. The summed E-state index contributed by atoms with van der Waals surface area (Å²) in [6.45, 7) is 1.85. The second-order valence-electron chi connectivity index (χ2n) is 4.60. The third-order valence-corrected chi connectivity index (χ3v) is 4.14. The van der Waals surface area contributed by atoms with Crippen LogP contribution in [-0.2, 0) is 16.6 Å². The summed E-state index contributed by atoms with van der Waals surface area (Å²) in [4.78, 5) is 21.5. The SMILES string of the molecule is CCOC(=O)C(c1cn(C)c2ccccc12)C(Br)[N+](=O)[O-]. The largest absolute Gasteiger partial charge is 0.465 e. The predicted octanol–water partition coefficient (Wildman–Crippen LogP) is 2.82. The number of nitrogens with zero attached hydrogens (tertiary/aromatic N) is 2. The van der Waals surface area contributed by atoms with Gasteiger partial charge in [-0.1, -0.05) is 18.2 Å². The van der Waals surface area contributed by atoms with Crippen LogP contribution in [0.3, 0.4) is 0 Å². The zero-order valence-electron chi connectivity index (χ0n) is 11.7. The number of aryl methyl sites for hydroxylation is 1. The van der Waals surface area contributed by atoms with Gasteiger partial charge in [-0.2, -0.15) is 0 Å². The fourth-order valence-corrected chi connectivity index (χ4v) is 2.86. The van der Waals surface area contributed by atoms with Gasteiger partial charge in [-0.25, -0.2) is 0 Å². The van der Waals surface area contributed by atoms with Crippen LogP contribution in [0.25, 0.3) is 10.9 Å². The Kier molecular flexibility index (Phi) is 4.62. The Bertz CT molecular complexity index is 683. The number of alkyl halides is 1. The lowest BCUT2D eigenvalue weighted by atomic mass is 9.98. The maximum atomic E-state index is 12.2. The average molecular weight is 355 g/mol. The molecule has 112 valence electrons. The van der Waals surface area contributed by atoms with E-state index in [2.05, 4.69) is 15.9 Å². The number of hydrogen-bond acceptors (Lipinski definition) is 4. The Labute approximate surface area is 130 Å². The summed E-state index contributed by atoms with van der Waals surface area (Å²) in [7, 11) is 1.84. The number of carbonyl (C=O) groups is 1. The van der Waals surface area contributed by atoms with Gasteiger partial charge in [0.25, 0.3) is 4.95 Å². The normalized spacial score (nSPS) is 13.9. The van der Waals surface area contributed by atoms with Gasteiger partial charge in [0.2, 0.25) is 0 Å². The standard InChI is InChI=1S/C14H15BrN2O4/c1-3-21-14(18)12(13(15)17(19)20)10-8-16(2)11-7-5-4-6-9(10)11/h4-8,12-13H,3H2,1-2H3. The Morgan fingerprint density at radius 3 is 2.76 bits per heavy atom. The van der Waals surface area contributed by atoms with Crippen LogP contribution in [0.2, 0.25) is 0 Å². The van der Waals surface area contributed by atoms with E-state index in [0.29, 0.717) is 5.56 Å². The minimum Gasteiger partial charge on any atom is -0.465 e. The molecular formula is C14H15BrN2O4. The molecule has 7 heteroatoms. The molecule has 1 aromatic carbocycles. The van der Waals surface area contributed by atoms with E-state index in [-0.39, 0.29) is 6.61 Å². The molecule has 0 bridgehead atoms. The van der Waals surface area contributed by atoms with E-state index in [1.807, 2.05) is 35.9 Å². The van der Waals surface area contributed by atoms with Crippen LogP contribution in [0.5, 0.6) is 0 Å². The Morgan fingerprint density at radius 1 is 1.48 bits per heavy atom. The van der Waals surface area contributed by atoms with Gasteiger partial charge in [-0.3, -0.25) is 14.9 Å². The number of aromatic nitrogens is 1. The highest BCUT2D eigenvalue weighted by Crippen LogP contribution is 2.33. The van der Waals surface area contributed by atoms with Crippen molar-refractivity contribution < 1.29 is 14.5 Å². The lowest BCUT2D eigenvalue weighted by Gasteiger charge is -2.15. The number of carbonyl (C=O) groups excluding carboxylic acids is 1. The first-order valence-corrected chi connectivity index (χ1v) is 7.37. The zero-order valence-corrected chi connectivity index (χ0v) is 13.2. The predicted molar refractivity (Wildman–Crippen MR) is 82.0 cm³/mol. The van der Waals surface area contributed by atoms with Crippen molar-refractivity contribution in [1.82, 2.24) is 4.57 Å². The average Bonchev–Trinajstić information content (AvgIpc) is 2.77. The number of hydrogen-bond donors (Lipinski definition) is 0. The zero-order chi connectivity index (χ0) is 15.6. The molecular weight excluding hydrogens is 340 g/mol. The molecule has 0 fully saturated rings. The Hall–Kier alpha value is -1.89. The maximum Gasteiger partial charge on any atom is 0.321 e. The van der Waals surface area contributed by atoms with E-state index in [0.717, 1.165) is 10.9 Å². The van der Waals surface area contributed by atoms with Crippen molar-refractivity contribution in [2.24, 2.45) is 7.05 Å². The van der Waals surface area contributed by atoms with Crippen LogP contribution in [0.15, 0.2) is 30.5 Å². The van der Waals surface area contributed by atoms with E-state index in [4.69, 9.17) is 4.74 Å². The number of ether oxygens (including phenoxy) is 1. The van der Waals surface area contributed by atoms with Gasteiger partial charge in [0.05, 0.1) is 6.61 Å². The maximum absolute atomic E-state index is 12.2. The summed E-state index contributed by atoms with van der Waals surface area (Å²) in [5, 5.41) is 11.9. The summed E-state index contributed by atoms with van der Waals surface area (Å²) in [6.07, 6.45) is 1.74. The van der Waals surface area contributed by atoms with Crippen molar-refractivity contribution in [1.29, 1.82) is 0 Å². The first kappa shape index (κ1) is 15.5. The molecule has 0 aliphatic rings. The van der Waals surface area contributed by atoms with Gasteiger partial charge in [0, 0.05) is 29.1 Å². The fraction of sp³-hybridized carbons (Fsp3) is 0.357. The number of esters is 1. The van der Waals surface area contributed by atoms with Crippen molar-refractivity contribution in [3.05, 3.63) is 46.1 Å². The second-order valence-corrected chi connectivity index (χ2v) is 5.54. The van der Waals surface area contributed by atoms with Crippen LogP contribution in [0, 0.1) is 10.1 Å². The number of nitro groups is 1. The highest BCUT2D eigenvalue weighted by atomic mass is 79.9. The molecule has 0 saturated carbocycles. The van der Waals surface area contributed by atoms with Gasteiger partial charge in [0.1, 0.15) is 0 Å². The number of rotatable bonds is 5. The quantitative estimate of drug-likeness (QED) is 0.272. The van der Waals surface area contributed by atoms with Gasteiger partial charge in [0.15, 0.2) is 5.92 Å². The first-order chi connectivity index (χ1) is 9.97. The van der Waals surface area contributed by atoms with Crippen LogP contribution < -0.4 is 0 Å². The van der Waals surface area contributed by atoms with Gasteiger partial charge in [-0.15, -0.1) is 0 Å². The minimum atomic E-state index is -1.23. The molecule has 0 radical (unpaired) electrons. The van der Waals surface area contributed by atoms with E-state index in [1.54, 1.807) is 13.1 Å². The molecule has 6 nitrogen and oxygen atoms in total. The summed E-state index contributed by atoms with van der Waals surface area (Å²) < 4.78 is 6.85. The molecule has 21 heavy (non-hydrogen) atoms. The van der Waals surface area contributed by atoms with Crippen LogP contribution in [-0.4, -0.2) is 27.0 Å². The van der Waals surface area contributed by atoms with E-state index in [9.17, 15) is 14.9 Å². The molecule has 0 aliphatic heterocycles. The number of fused-ring (bicyclic) bond motifs is 1. The molecule has 0 N–H and O–H groups in total. The number of halogens is 1. The van der Waals surface area contributed by atoms with Gasteiger partial charge >= 0.3 is 5.97 Å². The molecule has 2 atom stereocenters. The third kappa shape index (κ3) is 2.92. The molecule has 2 unspecified atom stereocenters. The highest BCUT2D eigenvalue weighted by molar-refractivity contribution is 9.09. The van der Waals surface area contributed by atoms with Gasteiger partial charge < -0.3 is 9.30 Å². The number of para-hydroxylation sites is 1. The third-order valence-electron chi connectivity index (χ3n) is 3.28. The van der Waals surface area contributed by atoms with E-state index in [1.165, 1.54) is 0 Å². The van der Waals surface area contributed by atoms with Gasteiger partial charge in [-0.05, 0) is 34.5 Å². The van der Waals surface area contributed by atoms with Crippen LogP contribution >= 0.6 is 15.9 Å². The molecule has 0 saturated heterocycles. The lowest BCUT2D eigenvalue weighted by Crippen LogP contribution is -2.29. The monoisotopic (exact) mass is 354 g/mol. The van der Waals surface area contributed by atoms with Crippen molar-refractivity contribution in [2.75, 3.05) is 6.61 Å². The van der Waals surface area contributed by atoms with Crippen molar-refractivity contribution in [3.63, 3.8) is 0 Å². The molecule has 2 aromatic rings. The van der Waals surface area contributed by atoms with Crippen molar-refractivity contribution >= 4 is 32.8 Å². The molecule has 2 rings (SSSR count). The fourth-order valence-electron chi connectivity index (χ4n) is 2.36. The summed E-state index contributed by atoms with van der Waals surface area (Å²) in [5.74, 6) is -1.60. The van der Waals surface area contributed by atoms with E-state index >= 15 is 0 Å². The Morgan fingerprint density at radius 2 is 2.14 bits per heavy atom.